The van der Waals surface area contributed by atoms with Crippen LogP contribution in [0, 0.1) is 35.4 Å². The van der Waals surface area contributed by atoms with Crippen LogP contribution in [0.25, 0.3) is 0 Å². The van der Waals surface area contributed by atoms with Crippen molar-refractivity contribution in [1.82, 2.24) is 4.90 Å². The topological polar surface area (TPSA) is 20.1 Å². The minimum Gasteiger partial charge on any atom is -0.339 e. The number of carbonyl (C=O) groups is 1. The fraction of sp³-hybridized carbons (Fsp3) is 0.667. The SMILES string of the molecule is C[C@@H](C(=O)N1CC1)C1(c2ccc(F)cc2)C2CC3CC(C2)CC1C3. The first-order valence-electron chi connectivity index (χ1n) is 9.64. The molecule has 0 spiro atoms. The maximum absolute atomic E-state index is 13.6. The average molecular weight is 327 g/mol. The maximum Gasteiger partial charge on any atom is 0.226 e. The quantitative estimate of drug-likeness (QED) is 0.769. The third kappa shape index (κ3) is 1.96. The highest BCUT2D eigenvalue weighted by atomic mass is 19.1. The summed E-state index contributed by atoms with van der Waals surface area (Å²) in [7, 11) is 0. The molecule has 0 unspecified atom stereocenters. The molecular weight excluding hydrogens is 301 g/mol. The van der Waals surface area contributed by atoms with Gasteiger partial charge in [-0.1, -0.05) is 19.1 Å². The molecule has 4 bridgehead atoms. The fourth-order valence-corrected chi connectivity index (χ4v) is 6.88. The number of halogens is 1. The molecule has 4 saturated carbocycles. The average Bonchev–Trinajstić information content (AvgIpc) is 3.40. The molecule has 4 aliphatic carbocycles. The van der Waals surface area contributed by atoms with Crippen LogP contribution >= 0.6 is 0 Å². The number of carbonyl (C=O) groups excluding carboxylic acids is 1. The molecule has 1 aromatic rings. The number of hydrogen-bond acceptors (Lipinski definition) is 1. The van der Waals surface area contributed by atoms with E-state index in [1.165, 1.54) is 37.7 Å². The highest BCUT2D eigenvalue weighted by Gasteiger charge is 2.61. The fourth-order valence-electron chi connectivity index (χ4n) is 6.88. The maximum atomic E-state index is 13.6. The molecule has 1 heterocycles. The minimum atomic E-state index is -0.178. The molecule has 0 N–H and O–H groups in total. The van der Waals surface area contributed by atoms with Gasteiger partial charge in [0.15, 0.2) is 0 Å². The number of nitrogens with zero attached hydrogens (tertiary/aromatic N) is 1. The van der Waals surface area contributed by atoms with Gasteiger partial charge in [-0.2, -0.15) is 0 Å². The van der Waals surface area contributed by atoms with Gasteiger partial charge < -0.3 is 4.90 Å². The predicted octanol–water partition coefficient (Wildman–Crippen LogP) is 4.00. The Kier molecular flexibility index (Phi) is 3.15. The van der Waals surface area contributed by atoms with Crippen molar-refractivity contribution in [3.05, 3.63) is 35.6 Å². The van der Waals surface area contributed by atoms with Crippen molar-refractivity contribution in [2.45, 2.75) is 44.4 Å². The second-order valence-electron chi connectivity index (χ2n) is 8.79. The van der Waals surface area contributed by atoms with Gasteiger partial charge in [0.05, 0.1) is 0 Å². The van der Waals surface area contributed by atoms with Gasteiger partial charge in [-0.15, -0.1) is 0 Å². The first kappa shape index (κ1) is 14.9. The van der Waals surface area contributed by atoms with Crippen molar-refractivity contribution >= 4 is 5.91 Å². The van der Waals surface area contributed by atoms with E-state index in [1.807, 2.05) is 17.0 Å². The van der Waals surface area contributed by atoms with Crippen LogP contribution in [-0.2, 0) is 10.2 Å². The normalized spacial score (nSPS) is 40.7. The number of amides is 1. The van der Waals surface area contributed by atoms with E-state index < -0.39 is 0 Å². The molecule has 2 nitrogen and oxygen atoms in total. The molecule has 0 radical (unpaired) electrons. The van der Waals surface area contributed by atoms with Crippen LogP contribution in [0.1, 0.15) is 44.6 Å². The first-order chi connectivity index (χ1) is 11.6. The lowest BCUT2D eigenvalue weighted by Crippen LogP contribution is -2.60. The molecule has 1 atom stereocenters. The molecule has 1 aliphatic heterocycles. The second kappa shape index (κ2) is 5.06. The Hall–Kier alpha value is -1.38. The van der Waals surface area contributed by atoms with Crippen molar-refractivity contribution in [1.29, 1.82) is 0 Å². The van der Waals surface area contributed by atoms with E-state index in [4.69, 9.17) is 0 Å². The summed E-state index contributed by atoms with van der Waals surface area (Å²) in [4.78, 5) is 15.0. The molecule has 5 fully saturated rings. The Morgan fingerprint density at radius 3 is 2.08 bits per heavy atom. The zero-order valence-electron chi connectivity index (χ0n) is 14.4. The van der Waals surface area contributed by atoms with Crippen LogP contribution in [0.4, 0.5) is 4.39 Å². The summed E-state index contributed by atoms with van der Waals surface area (Å²) in [5, 5.41) is 0. The highest BCUT2D eigenvalue weighted by molar-refractivity contribution is 5.82. The molecule has 0 aromatic heterocycles. The standard InChI is InChI=1S/C21H26FNO/c1-13(20(24)23-6-7-23)21(16-2-4-19(22)5-3-16)17-9-14-8-15(11-17)12-18(21)10-14/h2-5,13-15,17-18H,6-12H2,1H3/t13-,14?,15?,17?,18?,21?/m0/s1. The summed E-state index contributed by atoms with van der Waals surface area (Å²) in [5.41, 5.74) is 1.15. The molecular formula is C21H26FNO. The van der Waals surface area contributed by atoms with Crippen LogP contribution in [-0.4, -0.2) is 23.9 Å². The predicted molar refractivity (Wildman–Crippen MR) is 90.9 cm³/mol. The van der Waals surface area contributed by atoms with Crippen molar-refractivity contribution in [2.24, 2.45) is 29.6 Å². The third-order valence-electron chi connectivity index (χ3n) is 7.68. The van der Waals surface area contributed by atoms with Gasteiger partial charge >= 0.3 is 0 Å². The molecule has 1 aromatic carbocycles. The lowest BCUT2D eigenvalue weighted by atomic mass is 9.41. The van der Waals surface area contributed by atoms with E-state index in [-0.39, 0.29) is 17.2 Å². The van der Waals surface area contributed by atoms with Gasteiger partial charge in [-0.05, 0) is 73.5 Å². The summed E-state index contributed by atoms with van der Waals surface area (Å²) in [6, 6.07) is 7.14. The van der Waals surface area contributed by atoms with Gasteiger partial charge in [-0.25, -0.2) is 4.39 Å². The smallest absolute Gasteiger partial charge is 0.226 e. The number of rotatable bonds is 3. The zero-order chi connectivity index (χ0) is 16.5. The largest absolute Gasteiger partial charge is 0.339 e. The van der Waals surface area contributed by atoms with Crippen molar-refractivity contribution in [3.8, 4) is 0 Å². The summed E-state index contributed by atoms with van der Waals surface area (Å²) in [5.74, 6) is 3.08. The highest BCUT2D eigenvalue weighted by Crippen LogP contribution is 2.65. The lowest BCUT2D eigenvalue weighted by Gasteiger charge is -2.63. The van der Waals surface area contributed by atoms with Gasteiger partial charge in [0.2, 0.25) is 5.91 Å². The van der Waals surface area contributed by atoms with Crippen molar-refractivity contribution < 1.29 is 9.18 Å². The van der Waals surface area contributed by atoms with Crippen LogP contribution in [0.3, 0.4) is 0 Å². The molecule has 3 heteroatoms. The van der Waals surface area contributed by atoms with E-state index in [1.54, 1.807) is 12.1 Å². The van der Waals surface area contributed by atoms with Gasteiger partial charge in [0.25, 0.3) is 0 Å². The molecule has 1 saturated heterocycles. The van der Waals surface area contributed by atoms with Gasteiger partial charge in [-0.3, -0.25) is 4.79 Å². The second-order valence-corrected chi connectivity index (χ2v) is 8.79. The summed E-state index contributed by atoms with van der Waals surface area (Å²) in [6.45, 7) is 4.00. The molecule has 6 rings (SSSR count). The van der Waals surface area contributed by atoms with Crippen LogP contribution in [0.2, 0.25) is 0 Å². The van der Waals surface area contributed by atoms with Crippen LogP contribution in [0.15, 0.2) is 24.3 Å². The molecule has 128 valence electrons. The van der Waals surface area contributed by atoms with E-state index >= 15 is 0 Å². The van der Waals surface area contributed by atoms with Crippen molar-refractivity contribution in [2.75, 3.05) is 13.1 Å². The lowest BCUT2D eigenvalue weighted by molar-refractivity contribution is -0.143. The van der Waals surface area contributed by atoms with Crippen LogP contribution in [0.5, 0.6) is 0 Å². The zero-order valence-corrected chi connectivity index (χ0v) is 14.4. The first-order valence-corrected chi connectivity index (χ1v) is 9.64. The Morgan fingerprint density at radius 1 is 1.04 bits per heavy atom. The number of hydrogen-bond donors (Lipinski definition) is 0. The third-order valence-corrected chi connectivity index (χ3v) is 7.68. The Morgan fingerprint density at radius 2 is 1.58 bits per heavy atom. The van der Waals surface area contributed by atoms with E-state index in [0.717, 1.165) is 24.9 Å². The van der Waals surface area contributed by atoms with E-state index in [2.05, 4.69) is 6.92 Å². The van der Waals surface area contributed by atoms with E-state index in [0.29, 0.717) is 17.7 Å². The van der Waals surface area contributed by atoms with Gasteiger partial charge in [0.1, 0.15) is 5.82 Å². The van der Waals surface area contributed by atoms with E-state index in [9.17, 15) is 9.18 Å². The Labute approximate surface area is 143 Å². The summed E-state index contributed by atoms with van der Waals surface area (Å²) < 4.78 is 13.6. The monoisotopic (exact) mass is 327 g/mol. The Balaban J connectivity index is 1.63. The minimum absolute atomic E-state index is 0.0143. The molecule has 1 amide bonds. The number of benzene rings is 1. The molecule has 24 heavy (non-hydrogen) atoms. The summed E-state index contributed by atoms with van der Waals surface area (Å²) >= 11 is 0. The molecule has 5 aliphatic rings. The summed E-state index contributed by atoms with van der Waals surface area (Å²) in [6.07, 6.45) is 6.47. The Bertz CT molecular complexity index is 635. The van der Waals surface area contributed by atoms with Crippen molar-refractivity contribution in [3.63, 3.8) is 0 Å². The van der Waals surface area contributed by atoms with Crippen LogP contribution < -0.4 is 0 Å². The van der Waals surface area contributed by atoms with Gasteiger partial charge in [0, 0.05) is 24.4 Å².